The van der Waals surface area contributed by atoms with Gasteiger partial charge in [-0.25, -0.2) is 0 Å². The molecule has 0 aliphatic heterocycles. The number of fused-ring (bicyclic) bond motifs is 1. The molecule has 194 valence electrons. The van der Waals surface area contributed by atoms with Gasteiger partial charge in [0.1, 0.15) is 5.75 Å². The van der Waals surface area contributed by atoms with Crippen LogP contribution in [0.15, 0.2) is 75.8 Å². The molecule has 7 nitrogen and oxygen atoms in total. The Morgan fingerprint density at radius 1 is 0.838 bits per heavy atom. The number of carbonyl (C=O) groups excluding carboxylic acids is 1. The molecule has 0 aromatic heterocycles. The molecule has 9 heteroatoms. The Kier molecular flexibility index (Phi) is 13.5. The quantitative estimate of drug-likeness (QED) is 0.0740. The van der Waals surface area contributed by atoms with Crippen molar-refractivity contribution >= 4 is 38.2 Å². The molecule has 3 aromatic carbocycles. The number of nitrogens with zero attached hydrogens (tertiary/aromatic N) is 2. The Morgan fingerprint density at radius 2 is 1.49 bits per heavy atom. The van der Waals surface area contributed by atoms with Crippen LogP contribution in [0.25, 0.3) is 10.8 Å². The van der Waals surface area contributed by atoms with Crippen molar-refractivity contribution in [2.75, 3.05) is 0 Å². The van der Waals surface area contributed by atoms with Gasteiger partial charge in [0, 0.05) is 17.2 Å². The van der Waals surface area contributed by atoms with Crippen LogP contribution in [0, 0.1) is 0 Å². The largest absolute Gasteiger partial charge is 1.00 e. The molecule has 0 unspecified atom stereocenters. The van der Waals surface area contributed by atoms with Crippen molar-refractivity contribution in [3.05, 3.63) is 60.7 Å². The van der Waals surface area contributed by atoms with E-state index >= 15 is 0 Å². The molecule has 37 heavy (non-hydrogen) atoms. The number of unbranched alkanes of at least 4 members (excludes halogenated alkanes) is 8. The van der Waals surface area contributed by atoms with Crippen LogP contribution in [0.2, 0.25) is 0 Å². The molecule has 0 saturated carbocycles. The summed E-state index contributed by atoms with van der Waals surface area (Å²) >= 11 is 0. The first-order valence-electron chi connectivity index (χ1n) is 12.6. The minimum absolute atomic E-state index is 0. The molecule has 1 N–H and O–H groups in total. The second kappa shape index (κ2) is 16.0. The Balaban J connectivity index is 0.00000361. The van der Waals surface area contributed by atoms with E-state index in [0.29, 0.717) is 17.9 Å². The smallest absolute Gasteiger partial charge is 1.00 e. The summed E-state index contributed by atoms with van der Waals surface area (Å²) in [5.41, 5.74) is 0.826. The fourth-order valence-corrected chi connectivity index (χ4v) is 4.52. The third-order valence-corrected chi connectivity index (χ3v) is 6.81. The molecule has 0 radical (unpaired) electrons. The van der Waals surface area contributed by atoms with Crippen LogP contribution in [0.5, 0.6) is 5.75 Å². The molecule has 0 amide bonds. The number of esters is 1. The predicted octanol–water partition coefficient (Wildman–Crippen LogP) is 5.44. The van der Waals surface area contributed by atoms with E-state index in [0.717, 1.165) is 30.0 Å². The SMILES string of the molecule is CCCCCCCCCCCC(=O)Oc1ccc(N=Nc2cccc(S(=O)(=O)O)c2)c2ccccc12.[H-].[Na+]. The number of hydrogen-bond donors (Lipinski definition) is 1. The van der Waals surface area contributed by atoms with Crippen LogP contribution in [0.3, 0.4) is 0 Å². The number of azo groups is 1. The van der Waals surface area contributed by atoms with Crippen LogP contribution in [0.1, 0.15) is 72.6 Å². The van der Waals surface area contributed by atoms with Gasteiger partial charge in [-0.3, -0.25) is 9.35 Å². The molecule has 0 aliphatic carbocycles. The van der Waals surface area contributed by atoms with E-state index in [1.54, 1.807) is 18.2 Å². The zero-order chi connectivity index (χ0) is 25.8. The van der Waals surface area contributed by atoms with Gasteiger partial charge < -0.3 is 6.16 Å². The second-order valence-electron chi connectivity index (χ2n) is 8.85. The molecule has 0 spiro atoms. The van der Waals surface area contributed by atoms with Crippen LogP contribution < -0.4 is 34.3 Å². The van der Waals surface area contributed by atoms with Crippen molar-refractivity contribution in [1.82, 2.24) is 0 Å². The molecule has 0 saturated heterocycles. The number of carbonyl (C=O) groups is 1. The van der Waals surface area contributed by atoms with Gasteiger partial charge in [-0.1, -0.05) is 88.6 Å². The van der Waals surface area contributed by atoms with Gasteiger partial charge in [0.2, 0.25) is 0 Å². The summed E-state index contributed by atoms with van der Waals surface area (Å²) in [6, 6.07) is 16.4. The van der Waals surface area contributed by atoms with Gasteiger partial charge in [0.05, 0.1) is 16.3 Å². The topological polar surface area (TPSA) is 105 Å². The Hall–Kier alpha value is -2.10. The molecule has 0 bridgehead atoms. The fourth-order valence-electron chi connectivity index (χ4n) is 4.00. The van der Waals surface area contributed by atoms with E-state index in [4.69, 9.17) is 4.74 Å². The third-order valence-electron chi connectivity index (χ3n) is 5.96. The average molecular weight is 535 g/mol. The standard InChI is InChI=1S/C28H34N2O5S.Na.H/c1-2-3-4-5-6-7-8-9-10-18-28(31)35-27-20-19-26(24-16-11-12-17-25(24)27)30-29-22-14-13-15-23(21-22)36(32,33)34;;/h11-17,19-21H,2-10,18H2,1H3,(H,32,33,34);;/q;+1;-1. The summed E-state index contributed by atoms with van der Waals surface area (Å²) in [6.45, 7) is 2.22. The normalized spacial score (nSPS) is 11.5. The van der Waals surface area contributed by atoms with Crippen molar-refractivity contribution < 1.29 is 53.5 Å². The van der Waals surface area contributed by atoms with E-state index < -0.39 is 10.1 Å². The van der Waals surface area contributed by atoms with Gasteiger partial charge >= 0.3 is 35.5 Å². The predicted molar refractivity (Wildman–Crippen MR) is 143 cm³/mol. The van der Waals surface area contributed by atoms with Crippen molar-refractivity contribution in [3.8, 4) is 5.75 Å². The van der Waals surface area contributed by atoms with E-state index in [1.165, 1.54) is 56.7 Å². The maximum absolute atomic E-state index is 12.4. The number of ether oxygens (including phenoxy) is 1. The summed E-state index contributed by atoms with van der Waals surface area (Å²) in [5.74, 6) is 0.221. The summed E-state index contributed by atoms with van der Waals surface area (Å²) in [6.07, 6.45) is 11.1. The van der Waals surface area contributed by atoms with Crippen LogP contribution in [0.4, 0.5) is 11.4 Å². The van der Waals surface area contributed by atoms with Gasteiger partial charge in [-0.15, -0.1) is 5.11 Å². The first-order valence-corrected chi connectivity index (χ1v) is 14.0. The van der Waals surface area contributed by atoms with Crippen LogP contribution in [-0.2, 0) is 14.9 Å². The number of hydrogen-bond acceptors (Lipinski definition) is 6. The van der Waals surface area contributed by atoms with Crippen molar-refractivity contribution in [1.29, 1.82) is 0 Å². The van der Waals surface area contributed by atoms with Crippen LogP contribution >= 0.6 is 0 Å². The Morgan fingerprint density at radius 3 is 2.16 bits per heavy atom. The van der Waals surface area contributed by atoms with E-state index in [9.17, 15) is 17.8 Å². The minimum Gasteiger partial charge on any atom is -1.00 e. The summed E-state index contributed by atoms with van der Waals surface area (Å²) < 4.78 is 37.6. The first-order chi connectivity index (χ1) is 17.4. The van der Waals surface area contributed by atoms with Crippen molar-refractivity contribution in [2.24, 2.45) is 10.2 Å². The van der Waals surface area contributed by atoms with Gasteiger partial charge in [0.25, 0.3) is 10.1 Å². The van der Waals surface area contributed by atoms with E-state index in [1.807, 2.05) is 24.3 Å². The molecule has 0 atom stereocenters. The number of rotatable bonds is 14. The maximum Gasteiger partial charge on any atom is 1.00 e. The van der Waals surface area contributed by atoms with Crippen LogP contribution in [-0.4, -0.2) is 18.9 Å². The monoisotopic (exact) mass is 534 g/mol. The summed E-state index contributed by atoms with van der Waals surface area (Å²) in [5, 5.41) is 9.86. The zero-order valence-electron chi connectivity index (χ0n) is 22.7. The van der Waals surface area contributed by atoms with Gasteiger partial charge in [-0.05, 0) is 36.8 Å². The summed E-state index contributed by atoms with van der Waals surface area (Å²) in [4.78, 5) is 12.2. The second-order valence-corrected chi connectivity index (χ2v) is 10.3. The fraction of sp³-hybridized carbons (Fsp3) is 0.393. The van der Waals surface area contributed by atoms with Gasteiger partial charge in [-0.2, -0.15) is 13.5 Å². The number of benzene rings is 3. The molecular formula is C28H35N2NaO5S. The van der Waals surface area contributed by atoms with E-state index in [-0.39, 0.29) is 47.5 Å². The van der Waals surface area contributed by atoms with Crippen molar-refractivity contribution in [2.45, 2.75) is 76.0 Å². The maximum atomic E-state index is 12.4. The Bertz CT molecular complexity index is 1300. The zero-order valence-corrected chi connectivity index (χ0v) is 24.5. The molecule has 3 aromatic rings. The molecular weight excluding hydrogens is 499 g/mol. The molecule has 0 aliphatic rings. The van der Waals surface area contributed by atoms with Gasteiger partial charge in [0.15, 0.2) is 0 Å². The summed E-state index contributed by atoms with van der Waals surface area (Å²) in [7, 11) is -4.33. The van der Waals surface area contributed by atoms with Crippen molar-refractivity contribution in [3.63, 3.8) is 0 Å². The minimum atomic E-state index is -4.33. The van der Waals surface area contributed by atoms with E-state index in [2.05, 4.69) is 17.2 Å². The first kappa shape index (κ1) is 31.1. The molecule has 0 fully saturated rings. The molecule has 0 heterocycles. The Labute approximate surface area is 243 Å². The third kappa shape index (κ3) is 10.3. The molecule has 3 rings (SSSR count). The average Bonchev–Trinajstić information content (AvgIpc) is 2.87.